The molecule has 2 aromatic carbocycles. The van der Waals surface area contributed by atoms with E-state index < -0.39 is 10.0 Å². The SMILES string of the molecule is CSc1ccc(CN(C)C(=O)C2CCN(S(=O)(=O)c3ccc4c(c3)OCCCO4)CC2)cc1. The number of benzene rings is 2. The fourth-order valence-corrected chi connectivity index (χ4v) is 6.08. The predicted molar refractivity (Wildman–Crippen MR) is 128 cm³/mol. The second-order valence-electron chi connectivity index (χ2n) is 8.38. The molecule has 1 amide bonds. The molecule has 0 bridgehead atoms. The van der Waals surface area contributed by atoms with Crippen molar-refractivity contribution in [2.24, 2.45) is 5.92 Å². The van der Waals surface area contributed by atoms with Gasteiger partial charge in [-0.25, -0.2) is 8.42 Å². The number of ether oxygens (including phenoxy) is 2. The van der Waals surface area contributed by atoms with Gasteiger partial charge in [-0.3, -0.25) is 4.79 Å². The lowest BCUT2D eigenvalue weighted by Gasteiger charge is -2.32. The zero-order chi connectivity index (χ0) is 23.4. The van der Waals surface area contributed by atoms with Crippen molar-refractivity contribution in [3.05, 3.63) is 48.0 Å². The Hall–Kier alpha value is -2.23. The number of nitrogens with zero attached hydrogens (tertiary/aromatic N) is 2. The molecule has 178 valence electrons. The Morgan fingerprint density at radius 2 is 1.73 bits per heavy atom. The predicted octanol–water partition coefficient (Wildman–Crippen LogP) is 3.63. The van der Waals surface area contributed by atoms with E-state index in [4.69, 9.17) is 9.47 Å². The van der Waals surface area contributed by atoms with Gasteiger partial charge in [-0.05, 0) is 48.9 Å². The summed E-state index contributed by atoms with van der Waals surface area (Å²) in [7, 11) is -1.85. The lowest BCUT2D eigenvalue weighted by atomic mass is 9.96. The van der Waals surface area contributed by atoms with Gasteiger partial charge in [0, 0.05) is 50.0 Å². The summed E-state index contributed by atoms with van der Waals surface area (Å²) in [4.78, 5) is 16.1. The highest BCUT2D eigenvalue weighted by atomic mass is 32.2. The number of hydrogen-bond acceptors (Lipinski definition) is 6. The normalized spacial score (nSPS) is 17.4. The zero-order valence-electron chi connectivity index (χ0n) is 19.0. The molecule has 0 saturated carbocycles. The van der Waals surface area contributed by atoms with Crippen LogP contribution in [0.5, 0.6) is 11.5 Å². The summed E-state index contributed by atoms with van der Waals surface area (Å²) in [6.45, 7) is 2.24. The molecule has 0 spiro atoms. The number of thioether (sulfide) groups is 1. The van der Waals surface area contributed by atoms with Crippen LogP contribution < -0.4 is 9.47 Å². The van der Waals surface area contributed by atoms with Crippen molar-refractivity contribution < 1.29 is 22.7 Å². The van der Waals surface area contributed by atoms with Gasteiger partial charge in [0.05, 0.1) is 18.1 Å². The van der Waals surface area contributed by atoms with E-state index in [1.165, 1.54) is 9.20 Å². The quantitative estimate of drug-likeness (QED) is 0.576. The maximum atomic E-state index is 13.2. The van der Waals surface area contributed by atoms with Crippen molar-refractivity contribution in [3.63, 3.8) is 0 Å². The van der Waals surface area contributed by atoms with Crippen LogP contribution in [0.15, 0.2) is 52.3 Å². The third kappa shape index (κ3) is 5.47. The minimum atomic E-state index is -3.66. The number of amides is 1. The molecule has 0 aliphatic carbocycles. The van der Waals surface area contributed by atoms with Crippen LogP contribution in [-0.2, 0) is 21.4 Å². The Morgan fingerprint density at radius 1 is 1.06 bits per heavy atom. The van der Waals surface area contributed by atoms with Crippen molar-refractivity contribution in [3.8, 4) is 11.5 Å². The average Bonchev–Trinajstić information content (AvgIpc) is 3.09. The number of hydrogen-bond donors (Lipinski definition) is 0. The Labute approximate surface area is 200 Å². The molecular weight excluding hydrogens is 460 g/mol. The summed E-state index contributed by atoms with van der Waals surface area (Å²) in [5.74, 6) is 0.931. The van der Waals surface area contributed by atoms with Crippen LogP contribution in [0.2, 0.25) is 0 Å². The molecule has 2 heterocycles. The molecule has 0 N–H and O–H groups in total. The van der Waals surface area contributed by atoms with Crippen molar-refractivity contribution >= 4 is 27.7 Å². The molecule has 4 rings (SSSR count). The second-order valence-corrected chi connectivity index (χ2v) is 11.2. The van der Waals surface area contributed by atoms with Gasteiger partial charge in [0.2, 0.25) is 15.9 Å². The van der Waals surface area contributed by atoms with E-state index in [1.54, 1.807) is 34.9 Å². The van der Waals surface area contributed by atoms with Gasteiger partial charge in [0.25, 0.3) is 0 Å². The first kappa shape index (κ1) is 23.9. The molecule has 0 radical (unpaired) electrons. The number of sulfonamides is 1. The van der Waals surface area contributed by atoms with Crippen LogP contribution in [-0.4, -0.2) is 63.1 Å². The van der Waals surface area contributed by atoms with Gasteiger partial charge in [0.15, 0.2) is 11.5 Å². The third-order valence-corrected chi connectivity index (χ3v) is 8.75. The maximum absolute atomic E-state index is 13.2. The number of fused-ring (bicyclic) bond motifs is 1. The lowest BCUT2D eigenvalue weighted by molar-refractivity contribution is -0.135. The Balaban J connectivity index is 1.36. The fraction of sp³-hybridized carbons (Fsp3) is 0.458. The minimum absolute atomic E-state index is 0.0663. The molecular formula is C24H30N2O5S2. The highest BCUT2D eigenvalue weighted by Gasteiger charge is 2.33. The first-order chi connectivity index (χ1) is 15.9. The topological polar surface area (TPSA) is 76.2 Å². The van der Waals surface area contributed by atoms with Crippen LogP contribution in [0.1, 0.15) is 24.8 Å². The first-order valence-electron chi connectivity index (χ1n) is 11.2. The van der Waals surface area contributed by atoms with E-state index in [0.717, 1.165) is 12.0 Å². The lowest BCUT2D eigenvalue weighted by Crippen LogP contribution is -2.43. The van der Waals surface area contributed by atoms with Gasteiger partial charge in [-0.15, -0.1) is 11.8 Å². The van der Waals surface area contributed by atoms with Crippen LogP contribution in [0.4, 0.5) is 0 Å². The Morgan fingerprint density at radius 3 is 2.39 bits per heavy atom. The van der Waals surface area contributed by atoms with Crippen LogP contribution in [0.3, 0.4) is 0 Å². The van der Waals surface area contributed by atoms with E-state index in [9.17, 15) is 13.2 Å². The van der Waals surface area contributed by atoms with E-state index in [1.807, 2.05) is 25.4 Å². The molecule has 0 aromatic heterocycles. The van der Waals surface area contributed by atoms with Crippen LogP contribution >= 0.6 is 11.8 Å². The smallest absolute Gasteiger partial charge is 0.243 e. The average molecular weight is 491 g/mol. The van der Waals surface area contributed by atoms with Gasteiger partial charge in [-0.2, -0.15) is 4.31 Å². The van der Waals surface area contributed by atoms with E-state index >= 15 is 0 Å². The highest BCUT2D eigenvalue weighted by molar-refractivity contribution is 7.98. The summed E-state index contributed by atoms with van der Waals surface area (Å²) >= 11 is 1.69. The third-order valence-electron chi connectivity index (χ3n) is 6.11. The first-order valence-corrected chi connectivity index (χ1v) is 13.8. The standard InChI is InChI=1S/C24H30N2O5S2/c1-25(17-18-4-6-20(32-2)7-5-18)24(27)19-10-12-26(13-11-19)33(28,29)21-8-9-22-23(16-21)31-15-3-14-30-22/h4-9,16,19H,3,10-15,17H2,1-2H3. The molecule has 9 heteroatoms. The Kier molecular flexibility index (Phi) is 7.51. The van der Waals surface area contributed by atoms with E-state index in [2.05, 4.69) is 12.1 Å². The van der Waals surface area contributed by atoms with E-state index in [0.29, 0.717) is 57.2 Å². The number of carbonyl (C=O) groups excluding carboxylic acids is 1. The number of carbonyl (C=O) groups is 1. The van der Waals surface area contributed by atoms with Crippen LogP contribution in [0.25, 0.3) is 0 Å². The molecule has 2 aliphatic heterocycles. The number of piperidine rings is 1. The number of rotatable bonds is 6. The summed E-state index contributed by atoms with van der Waals surface area (Å²) in [6.07, 6.45) is 3.82. The zero-order valence-corrected chi connectivity index (χ0v) is 20.7. The van der Waals surface area contributed by atoms with Crippen molar-refractivity contribution in [2.45, 2.75) is 35.6 Å². The highest BCUT2D eigenvalue weighted by Crippen LogP contribution is 2.34. The largest absolute Gasteiger partial charge is 0.490 e. The summed E-state index contributed by atoms with van der Waals surface area (Å²) in [5.41, 5.74) is 1.08. The van der Waals surface area contributed by atoms with Gasteiger partial charge in [0.1, 0.15) is 0 Å². The summed E-state index contributed by atoms with van der Waals surface area (Å²) in [5, 5.41) is 0. The summed E-state index contributed by atoms with van der Waals surface area (Å²) in [6, 6.07) is 13.0. The van der Waals surface area contributed by atoms with Gasteiger partial charge < -0.3 is 14.4 Å². The molecule has 0 unspecified atom stereocenters. The van der Waals surface area contributed by atoms with Crippen molar-refractivity contribution in [1.82, 2.24) is 9.21 Å². The second kappa shape index (κ2) is 10.4. The molecule has 1 saturated heterocycles. The van der Waals surface area contributed by atoms with Gasteiger partial charge in [-0.1, -0.05) is 12.1 Å². The molecule has 1 fully saturated rings. The molecule has 7 nitrogen and oxygen atoms in total. The maximum Gasteiger partial charge on any atom is 0.243 e. The van der Waals surface area contributed by atoms with Crippen molar-refractivity contribution in [1.29, 1.82) is 0 Å². The molecule has 2 aliphatic rings. The van der Waals surface area contributed by atoms with E-state index in [-0.39, 0.29) is 16.7 Å². The Bertz CT molecular complexity index is 1080. The van der Waals surface area contributed by atoms with Crippen molar-refractivity contribution in [2.75, 3.05) is 39.6 Å². The summed E-state index contributed by atoms with van der Waals surface area (Å²) < 4.78 is 39.1. The van der Waals surface area contributed by atoms with Crippen LogP contribution in [0, 0.1) is 5.92 Å². The molecule has 33 heavy (non-hydrogen) atoms. The monoisotopic (exact) mass is 490 g/mol. The molecule has 2 aromatic rings. The fourth-order valence-electron chi connectivity index (χ4n) is 4.19. The minimum Gasteiger partial charge on any atom is -0.490 e. The van der Waals surface area contributed by atoms with Gasteiger partial charge >= 0.3 is 0 Å². The molecule has 0 atom stereocenters.